The maximum Gasteiger partial charge on any atom is 0.222 e. The zero-order valence-corrected chi connectivity index (χ0v) is 9.58. The largest absolute Gasteiger partial charge is 0.352 e. The molecule has 0 saturated heterocycles. The molecule has 0 heterocycles. The molecule has 0 radical (unpaired) electrons. The van der Waals surface area contributed by atoms with Crippen LogP contribution in [0.25, 0.3) is 0 Å². The van der Waals surface area contributed by atoms with Gasteiger partial charge in [-0.05, 0) is 24.6 Å². The van der Waals surface area contributed by atoms with Gasteiger partial charge in [-0.15, -0.1) is 0 Å². The van der Waals surface area contributed by atoms with Crippen LogP contribution in [0, 0.1) is 5.82 Å². The lowest BCUT2D eigenvalue weighted by molar-refractivity contribution is -0.123. The van der Waals surface area contributed by atoms with Crippen molar-refractivity contribution in [3.05, 3.63) is 35.6 Å². The molecule has 0 aromatic heterocycles. The summed E-state index contributed by atoms with van der Waals surface area (Å²) in [6.45, 7) is 1.63. The van der Waals surface area contributed by atoms with Crippen LogP contribution in [0.15, 0.2) is 24.3 Å². The molecule has 17 heavy (non-hydrogen) atoms. The SMILES string of the molecule is CC(F)OCCC(=O)NCc1ccc(F)cc1. The quantitative estimate of drug-likeness (QED) is 0.831. The van der Waals surface area contributed by atoms with E-state index in [9.17, 15) is 13.6 Å². The van der Waals surface area contributed by atoms with Crippen LogP contribution >= 0.6 is 0 Å². The molecule has 3 nitrogen and oxygen atoms in total. The number of alkyl halides is 1. The maximum absolute atomic E-state index is 12.6. The van der Waals surface area contributed by atoms with E-state index in [0.717, 1.165) is 5.56 Å². The predicted molar refractivity (Wildman–Crippen MR) is 59.4 cm³/mol. The standard InChI is InChI=1S/C12H15F2NO2/c1-9(13)17-7-6-12(16)15-8-10-2-4-11(14)5-3-10/h2-5,9H,6-8H2,1H3,(H,15,16). The van der Waals surface area contributed by atoms with E-state index in [2.05, 4.69) is 10.1 Å². The molecule has 0 aliphatic rings. The Morgan fingerprint density at radius 3 is 2.65 bits per heavy atom. The summed E-state index contributed by atoms with van der Waals surface area (Å²) in [5.74, 6) is -0.541. The van der Waals surface area contributed by atoms with Crippen LogP contribution in [0.2, 0.25) is 0 Å². The highest BCUT2D eigenvalue weighted by Gasteiger charge is 2.03. The van der Waals surface area contributed by atoms with Gasteiger partial charge in [-0.3, -0.25) is 4.79 Å². The van der Waals surface area contributed by atoms with E-state index in [4.69, 9.17) is 0 Å². The fourth-order valence-electron chi connectivity index (χ4n) is 1.21. The van der Waals surface area contributed by atoms with Crippen LogP contribution in [0.5, 0.6) is 0 Å². The molecular weight excluding hydrogens is 228 g/mol. The second-order valence-corrected chi connectivity index (χ2v) is 3.57. The molecule has 0 fully saturated rings. The second-order valence-electron chi connectivity index (χ2n) is 3.57. The lowest BCUT2D eigenvalue weighted by Gasteiger charge is -2.06. The first-order valence-corrected chi connectivity index (χ1v) is 5.35. The summed E-state index contributed by atoms with van der Waals surface area (Å²) in [4.78, 5) is 11.3. The molecule has 0 spiro atoms. The molecule has 5 heteroatoms. The van der Waals surface area contributed by atoms with Crippen molar-refractivity contribution in [1.82, 2.24) is 5.32 Å². The number of nitrogens with one attached hydrogen (secondary N) is 1. The van der Waals surface area contributed by atoms with E-state index < -0.39 is 6.36 Å². The fraction of sp³-hybridized carbons (Fsp3) is 0.417. The molecule has 1 aromatic carbocycles. The van der Waals surface area contributed by atoms with Gasteiger partial charge in [0, 0.05) is 6.54 Å². The van der Waals surface area contributed by atoms with Gasteiger partial charge < -0.3 is 10.1 Å². The molecular formula is C12H15F2NO2. The minimum Gasteiger partial charge on any atom is -0.352 e. The van der Waals surface area contributed by atoms with Crippen LogP contribution in [0.1, 0.15) is 18.9 Å². The van der Waals surface area contributed by atoms with Gasteiger partial charge >= 0.3 is 0 Å². The van der Waals surface area contributed by atoms with Gasteiger partial charge in [0.2, 0.25) is 5.91 Å². The summed E-state index contributed by atoms with van der Waals surface area (Å²) in [7, 11) is 0. The highest BCUT2D eigenvalue weighted by Crippen LogP contribution is 2.02. The highest BCUT2D eigenvalue weighted by atomic mass is 19.1. The van der Waals surface area contributed by atoms with Crippen LogP contribution < -0.4 is 5.32 Å². The fourth-order valence-corrected chi connectivity index (χ4v) is 1.21. The number of carbonyl (C=O) groups excluding carboxylic acids is 1. The lowest BCUT2D eigenvalue weighted by Crippen LogP contribution is -2.24. The monoisotopic (exact) mass is 243 g/mol. The Kier molecular flexibility index (Phi) is 5.56. The predicted octanol–water partition coefficient (Wildman–Crippen LogP) is 2.16. The maximum atomic E-state index is 12.6. The number of amides is 1. The Hall–Kier alpha value is -1.49. The number of benzene rings is 1. The average molecular weight is 243 g/mol. The van der Waals surface area contributed by atoms with Gasteiger partial charge in [0.1, 0.15) is 5.82 Å². The molecule has 1 aromatic rings. The summed E-state index contributed by atoms with van der Waals surface area (Å²) in [5, 5.41) is 2.63. The van der Waals surface area contributed by atoms with Crippen molar-refractivity contribution >= 4 is 5.91 Å². The van der Waals surface area contributed by atoms with Crippen molar-refractivity contribution < 1.29 is 18.3 Å². The second kappa shape index (κ2) is 6.96. The molecule has 0 aliphatic heterocycles. The molecule has 0 saturated carbocycles. The van der Waals surface area contributed by atoms with Crippen molar-refractivity contribution in [2.45, 2.75) is 26.2 Å². The Balaban J connectivity index is 2.21. The van der Waals surface area contributed by atoms with Gasteiger partial charge in [-0.1, -0.05) is 12.1 Å². The first-order chi connectivity index (χ1) is 8.08. The van der Waals surface area contributed by atoms with E-state index in [1.807, 2.05) is 0 Å². The van der Waals surface area contributed by atoms with Crippen molar-refractivity contribution in [1.29, 1.82) is 0 Å². The van der Waals surface area contributed by atoms with E-state index in [-0.39, 0.29) is 24.8 Å². The summed E-state index contributed by atoms with van der Waals surface area (Å²) < 4.78 is 29.4. The first kappa shape index (κ1) is 13.6. The summed E-state index contributed by atoms with van der Waals surface area (Å²) in [6, 6.07) is 5.84. The van der Waals surface area contributed by atoms with Crippen LogP contribution in [0.4, 0.5) is 8.78 Å². The number of rotatable bonds is 6. The number of ether oxygens (including phenoxy) is 1. The van der Waals surface area contributed by atoms with Crippen molar-refractivity contribution in [3.63, 3.8) is 0 Å². The van der Waals surface area contributed by atoms with Gasteiger partial charge in [0.25, 0.3) is 0 Å². The number of hydrogen-bond acceptors (Lipinski definition) is 2. The molecule has 94 valence electrons. The third-order valence-corrected chi connectivity index (χ3v) is 2.08. The Morgan fingerprint density at radius 2 is 2.06 bits per heavy atom. The topological polar surface area (TPSA) is 38.3 Å². The third kappa shape index (κ3) is 5.97. The molecule has 1 rings (SSSR count). The number of hydrogen-bond donors (Lipinski definition) is 1. The minimum absolute atomic E-state index is 0.0485. The molecule has 0 bridgehead atoms. The van der Waals surface area contributed by atoms with E-state index >= 15 is 0 Å². The Bertz CT molecular complexity index is 352. The van der Waals surface area contributed by atoms with Crippen molar-refractivity contribution in [3.8, 4) is 0 Å². The molecule has 1 unspecified atom stereocenters. The van der Waals surface area contributed by atoms with Crippen LogP contribution in [-0.4, -0.2) is 18.9 Å². The van der Waals surface area contributed by atoms with Crippen molar-refractivity contribution in [2.75, 3.05) is 6.61 Å². The molecule has 1 N–H and O–H groups in total. The minimum atomic E-state index is -1.36. The smallest absolute Gasteiger partial charge is 0.222 e. The van der Waals surface area contributed by atoms with E-state index in [1.165, 1.54) is 19.1 Å². The number of halogens is 2. The number of carbonyl (C=O) groups is 1. The summed E-state index contributed by atoms with van der Waals surface area (Å²) >= 11 is 0. The van der Waals surface area contributed by atoms with Gasteiger partial charge in [0.15, 0.2) is 6.36 Å². The third-order valence-electron chi connectivity index (χ3n) is 2.08. The van der Waals surface area contributed by atoms with Gasteiger partial charge in [-0.2, -0.15) is 0 Å². The Morgan fingerprint density at radius 1 is 1.41 bits per heavy atom. The molecule has 1 amide bonds. The van der Waals surface area contributed by atoms with E-state index in [1.54, 1.807) is 12.1 Å². The first-order valence-electron chi connectivity index (χ1n) is 5.35. The lowest BCUT2D eigenvalue weighted by atomic mass is 10.2. The van der Waals surface area contributed by atoms with Gasteiger partial charge in [-0.25, -0.2) is 8.78 Å². The van der Waals surface area contributed by atoms with Crippen molar-refractivity contribution in [2.24, 2.45) is 0 Å². The Labute approximate surface area is 98.8 Å². The summed E-state index contributed by atoms with van der Waals surface area (Å²) in [5.41, 5.74) is 0.805. The molecule has 1 atom stereocenters. The zero-order chi connectivity index (χ0) is 12.7. The van der Waals surface area contributed by atoms with Crippen LogP contribution in [-0.2, 0) is 16.1 Å². The normalized spacial score (nSPS) is 12.2. The van der Waals surface area contributed by atoms with Crippen LogP contribution in [0.3, 0.4) is 0 Å². The zero-order valence-electron chi connectivity index (χ0n) is 9.58. The average Bonchev–Trinajstić information content (AvgIpc) is 2.28. The van der Waals surface area contributed by atoms with E-state index in [0.29, 0.717) is 6.54 Å². The van der Waals surface area contributed by atoms with Gasteiger partial charge in [0.05, 0.1) is 13.0 Å². The highest BCUT2D eigenvalue weighted by molar-refractivity contribution is 5.75. The molecule has 0 aliphatic carbocycles. The summed E-state index contributed by atoms with van der Waals surface area (Å²) in [6.07, 6.45) is -1.25.